The monoisotopic (exact) mass is 2010 g/mol. The van der Waals surface area contributed by atoms with Crippen LogP contribution in [0.25, 0.3) is 0 Å². The molecule has 14 nitrogen and oxygen atoms in total. The molecular weight excluding hydrogens is 1980 g/mol. The number of rotatable bonds is 39. The van der Waals surface area contributed by atoms with Gasteiger partial charge in [0.2, 0.25) is 0 Å². The van der Waals surface area contributed by atoms with Crippen LogP contribution < -0.4 is 0 Å². The van der Waals surface area contributed by atoms with Crippen molar-refractivity contribution in [2.75, 3.05) is 26.2 Å². The third kappa shape index (κ3) is 33.0. The van der Waals surface area contributed by atoms with Crippen LogP contribution in [-0.2, 0) is 56.9 Å². The Morgan fingerprint density at radius 1 is 0.211 bits per heavy atom. The normalized spacial score (nSPS) is 15.5. The molecule has 0 spiro atoms. The zero-order chi connectivity index (χ0) is 102. The molecule has 0 fully saturated rings. The van der Waals surface area contributed by atoms with E-state index in [2.05, 4.69) is 16.1 Å². The summed E-state index contributed by atoms with van der Waals surface area (Å²) < 4.78 is 820. The van der Waals surface area contributed by atoms with Gasteiger partial charge in [0.05, 0.1) is 0 Å². The van der Waals surface area contributed by atoms with E-state index in [-0.39, 0.29) is 33.1 Å². The van der Waals surface area contributed by atoms with Crippen molar-refractivity contribution >= 4 is 5.91 Å². The summed E-state index contributed by atoms with van der Waals surface area (Å²) in [5.41, 5.74) is -0.903. The van der Waals surface area contributed by atoms with E-state index in [1.54, 1.807) is 13.8 Å². The van der Waals surface area contributed by atoms with E-state index in [9.17, 15) is 286 Å². The van der Waals surface area contributed by atoms with Crippen molar-refractivity contribution in [2.45, 2.75) is 238 Å². The minimum absolute atomic E-state index is 0.0144. The summed E-state index contributed by atoms with van der Waals surface area (Å²) >= 11 is 0. The lowest BCUT2D eigenvalue weighted by molar-refractivity contribution is -0.589. The average molecular weight is 2010 g/mol. The number of nitrogens with zero attached hydrogens (tertiary/aromatic N) is 2. The molecule has 0 aliphatic rings. The Bertz CT molecular complexity index is 3080. The molecule has 0 saturated carbocycles. The summed E-state index contributed by atoms with van der Waals surface area (Å²) in [4.78, 5) is 13.3. The largest absolute Gasteiger partial charge is 0.527 e. The van der Waals surface area contributed by atoms with Gasteiger partial charge < -0.3 is 9.80 Å². The van der Waals surface area contributed by atoms with Crippen LogP contribution in [0.5, 0.6) is 0 Å². The van der Waals surface area contributed by atoms with Gasteiger partial charge in [-0.3, -0.25) is 4.79 Å². The van der Waals surface area contributed by atoms with Gasteiger partial charge in [0.25, 0.3) is 0 Å². The van der Waals surface area contributed by atoms with Gasteiger partial charge in [-0.1, -0.05) is 6.58 Å². The van der Waals surface area contributed by atoms with Crippen molar-refractivity contribution in [1.82, 2.24) is 9.80 Å². The van der Waals surface area contributed by atoms with Crippen molar-refractivity contribution in [3.05, 3.63) is 12.3 Å². The van der Waals surface area contributed by atoms with E-state index < -0.39 is 215 Å². The van der Waals surface area contributed by atoms with Gasteiger partial charge in [-0.25, -0.2) is 52.1 Å². The number of halogens is 64. The maximum Gasteiger partial charge on any atom is 0.527 e. The number of alkyl halides is 64. The van der Waals surface area contributed by atoms with E-state index in [0.29, 0.717) is 0 Å². The summed E-state index contributed by atoms with van der Waals surface area (Å²) in [6.07, 6.45) is -155. The first-order valence-electron chi connectivity index (χ1n) is 27.7. The lowest BCUT2D eigenvalue weighted by Gasteiger charge is -2.42. The molecule has 0 aromatic carbocycles. The molecular formula is C45H34F64N2O12. The molecule has 744 valence electrons. The fraction of sp³-hybridized carbons (Fsp3) is 0.933. The summed E-state index contributed by atoms with van der Waals surface area (Å²) in [6.45, 7) is 6.72. The smallest absolute Gasteiger partial charge is 0.369 e. The molecule has 0 unspecified atom stereocenters. The highest BCUT2D eigenvalue weighted by atomic mass is 19.5. The number of ether oxygens (including phenoxy) is 11. The van der Waals surface area contributed by atoms with Crippen LogP contribution in [0.2, 0.25) is 0 Å². The van der Waals surface area contributed by atoms with Gasteiger partial charge in [0, 0.05) is 53.9 Å². The van der Waals surface area contributed by atoms with Crippen LogP contribution in [0.3, 0.4) is 0 Å². The fourth-order valence-electron chi connectivity index (χ4n) is 5.57. The first-order valence-corrected chi connectivity index (χ1v) is 27.7. The maximum atomic E-state index is 13.8. The highest BCUT2D eigenvalue weighted by Gasteiger charge is 2.95. The van der Waals surface area contributed by atoms with E-state index in [1.807, 2.05) is 9.47 Å². The van der Waals surface area contributed by atoms with E-state index in [0.717, 1.165) is 9.80 Å². The predicted molar refractivity (Wildman–Crippen MR) is 247 cm³/mol. The van der Waals surface area contributed by atoms with Crippen LogP contribution in [0, 0.1) is 0 Å². The second-order valence-electron chi connectivity index (χ2n) is 21.1. The summed E-state index contributed by atoms with van der Waals surface area (Å²) in [5.74, 6) is -57.5. The molecule has 123 heavy (non-hydrogen) atoms. The lowest BCUT2D eigenvalue weighted by Crippen LogP contribution is -2.74. The molecule has 1 amide bonds. The lowest BCUT2D eigenvalue weighted by atomic mass is 9.89. The zero-order valence-electron chi connectivity index (χ0n) is 57.5. The Balaban J connectivity index is -0.000000493. The number of carbonyl (C=O) groups excluding carboxylic acids is 1. The average Bonchev–Trinajstić information content (AvgIpc) is 0.694. The quantitative estimate of drug-likeness (QED) is 0.0543. The van der Waals surface area contributed by atoms with Crippen molar-refractivity contribution < 1.29 is 338 Å². The molecule has 0 aromatic rings. The van der Waals surface area contributed by atoms with Gasteiger partial charge in [0.15, 0.2) is 0 Å². The fourth-order valence-corrected chi connectivity index (χ4v) is 5.57. The van der Waals surface area contributed by atoms with Crippen LogP contribution in [0.15, 0.2) is 12.3 Å². The molecule has 0 aliphatic heterocycles. The number of likely N-dealkylation sites (N-methyl/N-ethyl adjacent to an activating group) is 2. The van der Waals surface area contributed by atoms with Crippen molar-refractivity contribution in [3.63, 3.8) is 0 Å². The SMILES string of the molecule is C=C(N(CC)CC)C(F)(F)OC(F)(F)C(=O)N(CC)CC.CC(F)(F)C(F)(F)C(F)(F)C(F)(F)C(F)(F)C(F)(F)C(F)(F)C(F)(F)F.CC(F)(F)OC(F)(F)C(F)(F)OC(F)(F)C(F)(F)OC(F)(F)C(F)(F)OC(F)(F)C(F)(F)OC(F)(F)F.CC(F)(F)OC(F)(F)C(F)(F)OC(F)(F)C(F)(F)OC(F)(F)C(F)(F)OC(F)(F)F.CC(F)(F)OC(F)(F)F. The molecule has 0 rings (SSSR count). The molecule has 0 radical (unpaired) electrons. The van der Waals surface area contributed by atoms with E-state index in [4.69, 9.17) is 0 Å². The Kier molecular flexibility index (Phi) is 38.8. The molecule has 0 atom stereocenters. The molecule has 78 heteroatoms. The van der Waals surface area contributed by atoms with Gasteiger partial charge in [-0.15, -0.1) is 39.5 Å². The Labute approximate surface area is 631 Å². The molecule has 0 aliphatic carbocycles. The topological polar surface area (TPSA) is 125 Å². The van der Waals surface area contributed by atoms with Crippen molar-refractivity contribution in [3.8, 4) is 0 Å². The molecule has 0 bridgehead atoms. The minimum atomic E-state index is -8.56. The highest BCUT2D eigenvalue weighted by Crippen LogP contribution is 2.65. The van der Waals surface area contributed by atoms with Crippen molar-refractivity contribution in [1.29, 1.82) is 0 Å². The molecule has 0 N–H and O–H groups in total. The Hall–Kier alpha value is -5.91. The van der Waals surface area contributed by atoms with Crippen LogP contribution in [0.1, 0.15) is 55.4 Å². The number of carbonyl (C=O) groups is 1. The third-order valence-corrected chi connectivity index (χ3v) is 11.0. The van der Waals surface area contributed by atoms with Gasteiger partial charge >= 0.3 is 189 Å². The van der Waals surface area contributed by atoms with E-state index >= 15 is 0 Å². The summed E-state index contributed by atoms with van der Waals surface area (Å²) in [5, 5.41) is 0. The highest BCUT2D eigenvalue weighted by molar-refractivity contribution is 5.82. The van der Waals surface area contributed by atoms with Gasteiger partial charge in [-0.2, -0.15) is 241 Å². The first kappa shape index (κ1) is 126. The second-order valence-corrected chi connectivity index (χ2v) is 21.1. The molecule has 0 saturated heterocycles. The van der Waals surface area contributed by atoms with E-state index in [1.165, 1.54) is 47.0 Å². The van der Waals surface area contributed by atoms with Crippen LogP contribution >= 0.6 is 0 Å². The number of hydrogen-bond donors (Lipinski definition) is 0. The summed E-state index contributed by atoms with van der Waals surface area (Å²) in [7, 11) is 0. The Morgan fingerprint density at radius 3 is 0.520 bits per heavy atom. The Morgan fingerprint density at radius 2 is 0.374 bits per heavy atom. The van der Waals surface area contributed by atoms with Crippen molar-refractivity contribution in [2.24, 2.45) is 0 Å². The standard InChI is InChI=1S/C13H22F4N2O2.C11H3F21O5.C9H3F17O4.C9H3F17.C3H3F5O/c1-6-18(7-2)10(5)12(14,15)21-13(16,17)11(20)19(8-3)9-4;1-2(12,13)33-3(14,15)4(16,17)34-5(18,19)6(20,21)35-7(22,23)8(24,25)36-9(26,27)10(28,29)37-11(30,31)32;1-2(10,11)27-3(12,13)4(14,15)28-5(16,17)6(18,19)29-7(20,21)8(22,23)30-9(24,25)26;1-2(10,11)3(12,13)4(14,15)5(16,17)6(18,19)7(20,21)8(22,23)9(24,25)26;1-2(4,5)9-3(6,7)8/h5-9H2,1-4H3;1H3;1H3;1H3;1H3. The third-order valence-electron chi connectivity index (χ3n) is 11.0. The second kappa shape index (κ2) is 38.0. The molecule has 0 heterocycles. The molecule has 0 aromatic heterocycles. The van der Waals surface area contributed by atoms with Crippen LogP contribution in [0.4, 0.5) is 281 Å². The van der Waals surface area contributed by atoms with Gasteiger partial charge in [-0.05, 0) is 27.7 Å². The maximum absolute atomic E-state index is 13.8. The van der Waals surface area contributed by atoms with Gasteiger partial charge in [0.1, 0.15) is 5.70 Å². The number of hydrogen-bond acceptors (Lipinski definition) is 13. The first-order chi connectivity index (χ1) is 52.1. The zero-order valence-corrected chi connectivity index (χ0v) is 57.5. The van der Waals surface area contributed by atoms with Crippen LogP contribution in [-0.4, -0.2) is 225 Å². The predicted octanol–water partition coefficient (Wildman–Crippen LogP) is 23.8. The summed E-state index contributed by atoms with van der Waals surface area (Å²) in [6, 6.07) is 0. The minimum Gasteiger partial charge on any atom is -0.369 e. The number of amides is 1.